The van der Waals surface area contributed by atoms with Crippen molar-refractivity contribution in [2.75, 3.05) is 38.1 Å². The van der Waals surface area contributed by atoms with E-state index in [1.165, 1.54) is 49.2 Å². The third-order valence-electron chi connectivity index (χ3n) is 8.16. The molecule has 2 aromatic rings. The number of piperidine rings is 2. The minimum absolute atomic E-state index is 0.142. The molecular formula is C28H37N3O. The molecule has 2 aromatic carbocycles. The second kappa shape index (κ2) is 9.27. The van der Waals surface area contributed by atoms with Gasteiger partial charge in [-0.05, 0) is 75.2 Å². The van der Waals surface area contributed by atoms with E-state index in [1.54, 1.807) is 0 Å². The van der Waals surface area contributed by atoms with E-state index in [4.69, 9.17) is 0 Å². The second-order valence-electron chi connectivity index (χ2n) is 10.2. The minimum atomic E-state index is -0.142. The Morgan fingerprint density at radius 3 is 2.31 bits per heavy atom. The van der Waals surface area contributed by atoms with Gasteiger partial charge in [0.1, 0.15) is 0 Å². The number of likely N-dealkylation sites (N-methyl/N-ethyl adjacent to an activating group) is 1. The van der Waals surface area contributed by atoms with Gasteiger partial charge in [-0.1, -0.05) is 48.5 Å². The van der Waals surface area contributed by atoms with Crippen molar-refractivity contribution in [2.45, 2.75) is 57.5 Å². The second-order valence-corrected chi connectivity index (χ2v) is 10.2. The Labute approximate surface area is 193 Å². The monoisotopic (exact) mass is 431 g/mol. The number of benzene rings is 2. The van der Waals surface area contributed by atoms with Crippen LogP contribution in [0.3, 0.4) is 0 Å². The molecule has 0 aliphatic carbocycles. The predicted molar refractivity (Wildman–Crippen MR) is 131 cm³/mol. The van der Waals surface area contributed by atoms with E-state index >= 15 is 0 Å². The van der Waals surface area contributed by atoms with Crippen LogP contribution in [0.5, 0.6) is 0 Å². The zero-order valence-corrected chi connectivity index (χ0v) is 19.5. The summed E-state index contributed by atoms with van der Waals surface area (Å²) in [6.45, 7) is 5.41. The first kappa shape index (κ1) is 21.5. The summed E-state index contributed by atoms with van der Waals surface area (Å²) in [5, 5.41) is 0. The number of rotatable bonds is 5. The van der Waals surface area contributed by atoms with E-state index in [-0.39, 0.29) is 5.41 Å². The van der Waals surface area contributed by atoms with E-state index in [0.717, 1.165) is 45.3 Å². The summed E-state index contributed by atoms with van der Waals surface area (Å²) in [6, 6.07) is 19.9. The fourth-order valence-electron chi connectivity index (χ4n) is 6.20. The number of nitrogens with zero attached hydrogens (tertiary/aromatic N) is 3. The minimum Gasteiger partial charge on any atom is -0.371 e. The Bertz CT molecular complexity index is 913. The largest absolute Gasteiger partial charge is 0.371 e. The SMILES string of the molecule is CN1C(=O)C2(CCN(Cc3ccccc3N3CCCCC3)CC2)C[C@H]1Cc1ccccc1. The zero-order valence-electron chi connectivity index (χ0n) is 19.5. The third-order valence-corrected chi connectivity index (χ3v) is 8.16. The molecule has 1 amide bonds. The molecular weight excluding hydrogens is 394 g/mol. The molecule has 32 heavy (non-hydrogen) atoms. The summed E-state index contributed by atoms with van der Waals surface area (Å²) in [6.07, 6.45) is 7.94. The number of likely N-dealkylation sites (tertiary alicyclic amines) is 2. The molecule has 3 saturated heterocycles. The van der Waals surface area contributed by atoms with Crippen LogP contribution in [-0.2, 0) is 17.8 Å². The van der Waals surface area contributed by atoms with Crippen LogP contribution in [0.4, 0.5) is 5.69 Å². The van der Waals surface area contributed by atoms with Crippen LogP contribution in [0.2, 0.25) is 0 Å². The highest BCUT2D eigenvalue weighted by atomic mass is 16.2. The normalized spacial score (nSPS) is 23.8. The van der Waals surface area contributed by atoms with Gasteiger partial charge in [0.05, 0.1) is 5.41 Å². The lowest BCUT2D eigenvalue weighted by Gasteiger charge is -2.38. The highest BCUT2D eigenvalue weighted by Gasteiger charge is 2.51. The lowest BCUT2D eigenvalue weighted by atomic mass is 9.75. The maximum absolute atomic E-state index is 13.3. The number of hydrogen-bond donors (Lipinski definition) is 0. The van der Waals surface area contributed by atoms with Crippen molar-refractivity contribution in [1.82, 2.24) is 9.80 Å². The molecule has 0 bridgehead atoms. The topological polar surface area (TPSA) is 26.8 Å². The molecule has 0 radical (unpaired) electrons. The molecule has 170 valence electrons. The molecule has 4 heteroatoms. The molecule has 3 heterocycles. The molecule has 0 aromatic heterocycles. The molecule has 0 N–H and O–H groups in total. The molecule has 1 spiro atoms. The van der Waals surface area contributed by atoms with Gasteiger partial charge in [-0.3, -0.25) is 9.69 Å². The molecule has 5 rings (SSSR count). The molecule has 0 unspecified atom stereocenters. The van der Waals surface area contributed by atoms with Crippen LogP contribution >= 0.6 is 0 Å². The first-order valence-corrected chi connectivity index (χ1v) is 12.5. The van der Waals surface area contributed by atoms with Gasteiger partial charge in [0.25, 0.3) is 0 Å². The van der Waals surface area contributed by atoms with Gasteiger partial charge >= 0.3 is 0 Å². The highest BCUT2D eigenvalue weighted by Crippen LogP contribution is 2.45. The van der Waals surface area contributed by atoms with Crippen molar-refractivity contribution in [2.24, 2.45) is 5.41 Å². The summed E-state index contributed by atoms with van der Waals surface area (Å²) in [4.78, 5) is 20.5. The molecule has 3 aliphatic heterocycles. The van der Waals surface area contributed by atoms with Crippen molar-refractivity contribution >= 4 is 11.6 Å². The molecule has 0 saturated carbocycles. The fraction of sp³-hybridized carbons (Fsp3) is 0.536. The van der Waals surface area contributed by atoms with Crippen molar-refractivity contribution in [1.29, 1.82) is 0 Å². The maximum Gasteiger partial charge on any atom is 0.228 e. The number of hydrogen-bond acceptors (Lipinski definition) is 3. The number of para-hydroxylation sites is 1. The number of carbonyl (C=O) groups is 1. The van der Waals surface area contributed by atoms with E-state index in [2.05, 4.69) is 64.4 Å². The summed E-state index contributed by atoms with van der Waals surface area (Å²) in [5.41, 5.74) is 4.06. The van der Waals surface area contributed by atoms with Gasteiger partial charge < -0.3 is 9.80 Å². The predicted octanol–water partition coefficient (Wildman–Crippen LogP) is 4.73. The van der Waals surface area contributed by atoms with Crippen LogP contribution in [0.1, 0.15) is 49.7 Å². The van der Waals surface area contributed by atoms with Gasteiger partial charge in [-0.25, -0.2) is 0 Å². The van der Waals surface area contributed by atoms with Gasteiger partial charge in [-0.2, -0.15) is 0 Å². The lowest BCUT2D eigenvalue weighted by molar-refractivity contribution is -0.137. The summed E-state index contributed by atoms with van der Waals surface area (Å²) in [5.74, 6) is 0.381. The standard InChI is InChI=1S/C28H37N3O/c1-29-25(20-23-10-4-2-5-11-23)21-28(27(29)32)14-18-30(19-15-28)22-24-12-6-7-13-26(24)31-16-8-3-9-17-31/h2,4-7,10-13,25H,3,8-9,14-22H2,1H3/t25-/m1/s1. The average molecular weight is 432 g/mol. The van der Waals surface area contributed by atoms with Crippen LogP contribution in [0.25, 0.3) is 0 Å². The van der Waals surface area contributed by atoms with Crippen LogP contribution in [-0.4, -0.2) is 55.0 Å². The number of anilines is 1. The van der Waals surface area contributed by atoms with Gasteiger partial charge in [0.2, 0.25) is 5.91 Å². The molecule has 4 nitrogen and oxygen atoms in total. The Kier molecular flexibility index (Phi) is 6.23. The number of carbonyl (C=O) groups excluding carboxylic acids is 1. The molecule has 3 aliphatic rings. The van der Waals surface area contributed by atoms with E-state index in [1.807, 2.05) is 11.9 Å². The third kappa shape index (κ3) is 4.30. The Balaban J connectivity index is 1.22. The Morgan fingerprint density at radius 2 is 1.56 bits per heavy atom. The first-order valence-electron chi connectivity index (χ1n) is 12.5. The molecule has 3 fully saturated rings. The van der Waals surface area contributed by atoms with E-state index in [0.29, 0.717) is 11.9 Å². The van der Waals surface area contributed by atoms with Crippen molar-refractivity contribution in [3.05, 3.63) is 65.7 Å². The summed E-state index contributed by atoms with van der Waals surface area (Å²) in [7, 11) is 2.02. The fourth-order valence-corrected chi connectivity index (χ4v) is 6.20. The quantitative estimate of drug-likeness (QED) is 0.685. The average Bonchev–Trinajstić information content (AvgIpc) is 3.07. The van der Waals surface area contributed by atoms with Crippen LogP contribution in [0.15, 0.2) is 54.6 Å². The summed E-state index contributed by atoms with van der Waals surface area (Å²) >= 11 is 0. The Hall–Kier alpha value is -2.33. The Morgan fingerprint density at radius 1 is 0.875 bits per heavy atom. The lowest BCUT2D eigenvalue weighted by Crippen LogP contribution is -2.44. The van der Waals surface area contributed by atoms with E-state index < -0.39 is 0 Å². The van der Waals surface area contributed by atoms with Crippen LogP contribution in [0, 0.1) is 5.41 Å². The number of amides is 1. The summed E-state index contributed by atoms with van der Waals surface area (Å²) < 4.78 is 0. The van der Waals surface area contributed by atoms with Gasteiger partial charge in [0, 0.05) is 38.4 Å². The van der Waals surface area contributed by atoms with Gasteiger partial charge in [0.15, 0.2) is 0 Å². The smallest absolute Gasteiger partial charge is 0.228 e. The highest BCUT2D eigenvalue weighted by molar-refractivity contribution is 5.85. The van der Waals surface area contributed by atoms with Crippen molar-refractivity contribution < 1.29 is 4.79 Å². The van der Waals surface area contributed by atoms with Crippen molar-refractivity contribution in [3.8, 4) is 0 Å². The van der Waals surface area contributed by atoms with Gasteiger partial charge in [-0.15, -0.1) is 0 Å². The van der Waals surface area contributed by atoms with E-state index in [9.17, 15) is 4.79 Å². The zero-order chi connectivity index (χ0) is 22.0. The molecule has 1 atom stereocenters. The first-order chi connectivity index (χ1) is 15.6. The van der Waals surface area contributed by atoms with Crippen LogP contribution < -0.4 is 4.90 Å². The maximum atomic E-state index is 13.3. The van der Waals surface area contributed by atoms with Crippen molar-refractivity contribution in [3.63, 3.8) is 0 Å².